The third-order valence-corrected chi connectivity index (χ3v) is 5.26. The van der Waals surface area contributed by atoms with Gasteiger partial charge in [-0.25, -0.2) is 4.68 Å². The van der Waals surface area contributed by atoms with Crippen LogP contribution in [0.25, 0.3) is 28.1 Å². The molecule has 31 heavy (non-hydrogen) atoms. The van der Waals surface area contributed by atoms with Crippen LogP contribution in [-0.2, 0) is 18.4 Å². The van der Waals surface area contributed by atoms with Gasteiger partial charge in [0.15, 0.2) is 0 Å². The molecule has 0 radical (unpaired) electrons. The van der Waals surface area contributed by atoms with Crippen LogP contribution in [0, 0.1) is 6.92 Å². The van der Waals surface area contributed by atoms with E-state index in [-0.39, 0.29) is 11.5 Å². The van der Waals surface area contributed by atoms with E-state index >= 15 is 0 Å². The smallest absolute Gasteiger partial charge is 0.274 e. The average Bonchev–Trinajstić information content (AvgIpc) is 2.80. The van der Waals surface area contributed by atoms with Gasteiger partial charge in [-0.05, 0) is 41.8 Å². The number of hydrogen-bond donors (Lipinski definition) is 1. The van der Waals surface area contributed by atoms with Gasteiger partial charge in [-0.1, -0.05) is 60.7 Å². The molecule has 0 atom stereocenters. The SMILES string of the molecule is Cc1ccc(-c2nn(C)c(=O)c3ccccc23)cc1CNC(=O)/C=C/c1ccccc1. The molecule has 5 nitrogen and oxygen atoms in total. The van der Waals surface area contributed by atoms with Gasteiger partial charge in [0.05, 0.1) is 11.1 Å². The largest absolute Gasteiger partial charge is 0.348 e. The maximum absolute atomic E-state index is 12.4. The summed E-state index contributed by atoms with van der Waals surface area (Å²) in [6.45, 7) is 2.42. The molecule has 4 aromatic rings. The number of amides is 1. The summed E-state index contributed by atoms with van der Waals surface area (Å²) in [5, 5.41) is 8.90. The number of nitrogens with zero attached hydrogens (tertiary/aromatic N) is 2. The number of aromatic nitrogens is 2. The first-order valence-corrected chi connectivity index (χ1v) is 10.1. The molecule has 0 bridgehead atoms. The van der Waals surface area contributed by atoms with Crippen LogP contribution >= 0.6 is 0 Å². The standard InChI is InChI=1S/C26H23N3O2/c1-18-12-14-20(25-22-10-6-7-11-23(22)26(31)29(2)28-25)16-21(18)17-27-24(30)15-13-19-8-4-3-5-9-19/h3-16H,17H2,1-2H3,(H,27,30)/b15-13+. The minimum Gasteiger partial charge on any atom is -0.348 e. The van der Waals surface area contributed by atoms with E-state index in [2.05, 4.69) is 10.4 Å². The minimum absolute atomic E-state index is 0.121. The van der Waals surface area contributed by atoms with E-state index in [1.165, 1.54) is 10.8 Å². The van der Waals surface area contributed by atoms with E-state index < -0.39 is 0 Å². The monoisotopic (exact) mass is 409 g/mol. The van der Waals surface area contributed by atoms with Crippen LogP contribution in [0.4, 0.5) is 0 Å². The first-order valence-electron chi connectivity index (χ1n) is 10.1. The Morgan fingerprint density at radius 3 is 2.48 bits per heavy atom. The number of benzene rings is 3. The zero-order valence-electron chi connectivity index (χ0n) is 17.5. The molecule has 0 saturated heterocycles. The molecular formula is C26H23N3O2. The summed E-state index contributed by atoms with van der Waals surface area (Å²) in [4.78, 5) is 24.7. The summed E-state index contributed by atoms with van der Waals surface area (Å²) in [5.41, 5.74) is 4.58. The van der Waals surface area contributed by atoms with Gasteiger partial charge in [0.1, 0.15) is 0 Å². The van der Waals surface area contributed by atoms with Gasteiger partial charge in [-0.3, -0.25) is 9.59 Å². The predicted molar refractivity (Wildman–Crippen MR) is 124 cm³/mol. The Kier molecular flexibility index (Phi) is 5.76. The lowest BCUT2D eigenvalue weighted by molar-refractivity contribution is -0.116. The molecular weight excluding hydrogens is 386 g/mol. The molecule has 0 saturated carbocycles. The highest BCUT2D eigenvalue weighted by molar-refractivity contribution is 5.94. The summed E-state index contributed by atoms with van der Waals surface area (Å²) < 4.78 is 1.37. The third-order valence-electron chi connectivity index (χ3n) is 5.26. The van der Waals surface area contributed by atoms with Gasteiger partial charge < -0.3 is 5.32 Å². The Morgan fingerprint density at radius 2 is 1.71 bits per heavy atom. The summed E-state index contributed by atoms with van der Waals surface area (Å²) >= 11 is 0. The Labute approximate surface area is 180 Å². The molecule has 4 rings (SSSR count). The van der Waals surface area contributed by atoms with Gasteiger partial charge in [0.2, 0.25) is 5.91 Å². The molecule has 3 aromatic carbocycles. The van der Waals surface area contributed by atoms with Gasteiger partial charge >= 0.3 is 0 Å². The fraction of sp³-hybridized carbons (Fsp3) is 0.115. The number of fused-ring (bicyclic) bond motifs is 1. The minimum atomic E-state index is -0.153. The summed E-state index contributed by atoms with van der Waals surface area (Å²) in [7, 11) is 1.66. The van der Waals surface area contributed by atoms with Crippen molar-refractivity contribution in [1.29, 1.82) is 0 Å². The molecule has 1 amide bonds. The van der Waals surface area contributed by atoms with Crippen molar-refractivity contribution in [2.24, 2.45) is 7.05 Å². The Morgan fingerprint density at radius 1 is 1.00 bits per heavy atom. The molecule has 0 unspecified atom stereocenters. The van der Waals surface area contributed by atoms with Gasteiger partial charge in [0, 0.05) is 30.6 Å². The van der Waals surface area contributed by atoms with Gasteiger partial charge in [-0.15, -0.1) is 0 Å². The van der Waals surface area contributed by atoms with E-state index in [9.17, 15) is 9.59 Å². The summed E-state index contributed by atoms with van der Waals surface area (Å²) in [6, 6.07) is 23.2. The van der Waals surface area contributed by atoms with Crippen LogP contribution in [0.5, 0.6) is 0 Å². The van der Waals surface area contributed by atoms with Gasteiger partial charge in [0.25, 0.3) is 5.56 Å². The van der Waals surface area contributed by atoms with E-state index in [0.717, 1.165) is 33.3 Å². The zero-order chi connectivity index (χ0) is 21.8. The van der Waals surface area contributed by atoms with Crippen molar-refractivity contribution in [2.75, 3.05) is 0 Å². The number of aryl methyl sites for hydroxylation is 2. The molecule has 1 aromatic heterocycles. The maximum atomic E-state index is 12.4. The zero-order valence-corrected chi connectivity index (χ0v) is 17.5. The van der Waals surface area contributed by atoms with E-state index in [1.807, 2.05) is 79.7 Å². The van der Waals surface area contributed by atoms with Crippen molar-refractivity contribution < 1.29 is 4.79 Å². The average molecular weight is 409 g/mol. The topological polar surface area (TPSA) is 64.0 Å². The van der Waals surface area contributed by atoms with Crippen molar-refractivity contribution >= 4 is 22.8 Å². The number of rotatable bonds is 5. The lowest BCUT2D eigenvalue weighted by Crippen LogP contribution is -2.21. The lowest BCUT2D eigenvalue weighted by Gasteiger charge is -2.12. The Hall–Kier alpha value is -3.99. The van der Waals surface area contributed by atoms with Crippen molar-refractivity contribution in [1.82, 2.24) is 15.1 Å². The maximum Gasteiger partial charge on any atom is 0.274 e. The van der Waals surface area contributed by atoms with E-state index in [4.69, 9.17) is 0 Å². The fourth-order valence-corrected chi connectivity index (χ4v) is 3.50. The lowest BCUT2D eigenvalue weighted by atomic mass is 10.00. The Bertz CT molecular complexity index is 1340. The molecule has 0 spiro atoms. The van der Waals surface area contributed by atoms with Crippen molar-refractivity contribution in [3.63, 3.8) is 0 Å². The first kappa shape index (κ1) is 20.3. The molecule has 0 aliphatic heterocycles. The normalized spacial score (nSPS) is 11.2. The van der Waals surface area contributed by atoms with E-state index in [1.54, 1.807) is 13.1 Å². The summed E-state index contributed by atoms with van der Waals surface area (Å²) in [5.74, 6) is -0.153. The molecule has 0 aliphatic rings. The molecule has 1 N–H and O–H groups in total. The molecule has 154 valence electrons. The second kappa shape index (κ2) is 8.79. The third kappa shape index (κ3) is 4.46. The number of carbonyl (C=O) groups excluding carboxylic acids is 1. The highest BCUT2D eigenvalue weighted by Crippen LogP contribution is 2.26. The van der Waals surface area contributed by atoms with Crippen LogP contribution in [-0.4, -0.2) is 15.7 Å². The second-order valence-electron chi connectivity index (χ2n) is 7.43. The number of carbonyl (C=O) groups is 1. The molecule has 0 aliphatic carbocycles. The molecule has 1 heterocycles. The van der Waals surface area contributed by atoms with Crippen LogP contribution in [0.15, 0.2) is 83.7 Å². The summed E-state index contributed by atoms with van der Waals surface area (Å²) in [6.07, 6.45) is 3.33. The van der Waals surface area contributed by atoms with E-state index in [0.29, 0.717) is 11.9 Å². The van der Waals surface area contributed by atoms with Gasteiger partial charge in [-0.2, -0.15) is 5.10 Å². The molecule has 0 fully saturated rings. The number of nitrogens with one attached hydrogen (secondary N) is 1. The fourth-order valence-electron chi connectivity index (χ4n) is 3.50. The van der Waals surface area contributed by atoms with Crippen LogP contribution in [0.1, 0.15) is 16.7 Å². The van der Waals surface area contributed by atoms with Crippen LogP contribution in [0.2, 0.25) is 0 Å². The highest BCUT2D eigenvalue weighted by atomic mass is 16.1. The Balaban J connectivity index is 1.59. The molecule has 5 heteroatoms. The highest BCUT2D eigenvalue weighted by Gasteiger charge is 2.12. The second-order valence-corrected chi connectivity index (χ2v) is 7.43. The number of hydrogen-bond acceptors (Lipinski definition) is 3. The predicted octanol–water partition coefficient (Wildman–Crippen LogP) is 4.24. The van der Waals surface area contributed by atoms with Crippen LogP contribution < -0.4 is 10.9 Å². The van der Waals surface area contributed by atoms with Crippen molar-refractivity contribution in [3.05, 3.63) is 106 Å². The van der Waals surface area contributed by atoms with Crippen molar-refractivity contribution in [2.45, 2.75) is 13.5 Å². The van der Waals surface area contributed by atoms with Crippen LogP contribution in [0.3, 0.4) is 0 Å². The van der Waals surface area contributed by atoms with Crippen molar-refractivity contribution in [3.8, 4) is 11.3 Å². The quantitative estimate of drug-likeness (QED) is 0.502. The first-order chi connectivity index (χ1) is 15.0.